The summed E-state index contributed by atoms with van der Waals surface area (Å²) >= 11 is 0. The van der Waals surface area contributed by atoms with Gasteiger partial charge in [-0.2, -0.15) is 0 Å². The molecule has 0 fully saturated rings. The average molecular weight is 283 g/mol. The Hall–Kier alpha value is -2.23. The highest BCUT2D eigenvalue weighted by molar-refractivity contribution is 5.91. The topological polar surface area (TPSA) is 54.9 Å². The molecule has 1 aromatic carbocycles. The first-order chi connectivity index (χ1) is 10.1. The molecule has 0 aliphatic heterocycles. The predicted molar refractivity (Wildman–Crippen MR) is 83.3 cm³/mol. The highest BCUT2D eigenvalue weighted by Crippen LogP contribution is 2.18. The molecule has 0 atom stereocenters. The van der Waals surface area contributed by atoms with E-state index >= 15 is 0 Å². The summed E-state index contributed by atoms with van der Waals surface area (Å²) in [6.45, 7) is 7.07. The minimum atomic E-state index is -0.180. The fraction of sp³-hybridized carbons (Fsp3) is 0.353. The third-order valence-electron chi connectivity index (χ3n) is 3.52. The van der Waals surface area contributed by atoms with Crippen molar-refractivity contribution in [2.45, 2.75) is 33.1 Å². The van der Waals surface area contributed by atoms with Gasteiger partial charge in [0.25, 0.3) is 5.91 Å². The lowest BCUT2D eigenvalue weighted by Gasteiger charge is -2.11. The standard InChI is InChI=1S/C17H21N3O/c1-12(2)14-5-4-13(3)15(10-14)6-7-20-17(21)16-11-18-8-9-19-16/h4-5,8-12H,6-7H2,1-3H3,(H,20,21). The fourth-order valence-corrected chi connectivity index (χ4v) is 2.14. The molecule has 4 nitrogen and oxygen atoms in total. The summed E-state index contributed by atoms with van der Waals surface area (Å²) in [5.74, 6) is 0.333. The quantitative estimate of drug-likeness (QED) is 0.918. The van der Waals surface area contributed by atoms with Crippen LogP contribution < -0.4 is 5.32 Å². The van der Waals surface area contributed by atoms with Crippen LogP contribution in [0.1, 0.15) is 46.9 Å². The SMILES string of the molecule is Cc1ccc(C(C)C)cc1CCNC(=O)c1cnccn1. The number of aryl methyl sites for hydroxylation is 1. The van der Waals surface area contributed by atoms with Crippen LogP contribution in [0.15, 0.2) is 36.8 Å². The third-order valence-corrected chi connectivity index (χ3v) is 3.52. The number of rotatable bonds is 5. The molecule has 0 unspecified atom stereocenters. The van der Waals surface area contributed by atoms with Gasteiger partial charge in [0, 0.05) is 18.9 Å². The van der Waals surface area contributed by atoms with Crippen molar-refractivity contribution in [2.24, 2.45) is 0 Å². The van der Waals surface area contributed by atoms with Crippen molar-refractivity contribution < 1.29 is 4.79 Å². The minimum Gasteiger partial charge on any atom is -0.350 e. The van der Waals surface area contributed by atoms with Crippen molar-refractivity contribution in [2.75, 3.05) is 6.54 Å². The number of nitrogens with zero attached hydrogens (tertiary/aromatic N) is 2. The molecule has 1 aromatic heterocycles. The van der Waals surface area contributed by atoms with Gasteiger partial charge in [0.15, 0.2) is 0 Å². The molecule has 1 amide bonds. The zero-order valence-corrected chi connectivity index (χ0v) is 12.8. The molecular formula is C17H21N3O. The zero-order valence-electron chi connectivity index (χ0n) is 12.8. The van der Waals surface area contributed by atoms with Gasteiger partial charge in [-0.1, -0.05) is 32.0 Å². The summed E-state index contributed by atoms with van der Waals surface area (Å²) in [4.78, 5) is 19.8. The number of amides is 1. The molecule has 0 saturated heterocycles. The van der Waals surface area contributed by atoms with E-state index in [4.69, 9.17) is 0 Å². The van der Waals surface area contributed by atoms with Gasteiger partial charge in [-0.25, -0.2) is 4.98 Å². The normalized spacial score (nSPS) is 10.7. The maximum absolute atomic E-state index is 11.9. The number of benzene rings is 1. The zero-order chi connectivity index (χ0) is 15.2. The van der Waals surface area contributed by atoms with Gasteiger partial charge in [0.2, 0.25) is 0 Å². The molecule has 0 aliphatic rings. The van der Waals surface area contributed by atoms with Crippen LogP contribution in [-0.4, -0.2) is 22.4 Å². The first-order valence-electron chi connectivity index (χ1n) is 7.21. The first kappa shape index (κ1) is 15.2. The molecule has 0 spiro atoms. The van der Waals surface area contributed by atoms with Gasteiger partial charge in [-0.3, -0.25) is 9.78 Å². The van der Waals surface area contributed by atoms with Crippen molar-refractivity contribution in [3.63, 3.8) is 0 Å². The highest BCUT2D eigenvalue weighted by Gasteiger charge is 2.07. The van der Waals surface area contributed by atoms with E-state index in [0.717, 1.165) is 6.42 Å². The molecule has 0 saturated carbocycles. The van der Waals surface area contributed by atoms with Gasteiger partial charge in [-0.15, -0.1) is 0 Å². The van der Waals surface area contributed by atoms with E-state index in [1.807, 2.05) is 0 Å². The van der Waals surface area contributed by atoms with Crippen LogP contribution in [0.4, 0.5) is 0 Å². The molecular weight excluding hydrogens is 262 g/mol. The fourth-order valence-electron chi connectivity index (χ4n) is 2.14. The number of hydrogen-bond acceptors (Lipinski definition) is 3. The Bertz CT molecular complexity index is 609. The maximum Gasteiger partial charge on any atom is 0.271 e. The van der Waals surface area contributed by atoms with Gasteiger partial charge < -0.3 is 5.32 Å². The summed E-state index contributed by atoms with van der Waals surface area (Å²) in [5, 5.41) is 2.88. The average Bonchev–Trinajstić information content (AvgIpc) is 2.49. The molecule has 110 valence electrons. The molecule has 2 aromatic rings. The Morgan fingerprint density at radius 3 is 2.76 bits per heavy atom. The largest absolute Gasteiger partial charge is 0.350 e. The third kappa shape index (κ3) is 4.12. The van der Waals surface area contributed by atoms with Crippen LogP contribution >= 0.6 is 0 Å². The Kier molecular flexibility index (Phi) is 5.04. The minimum absolute atomic E-state index is 0.180. The molecule has 0 bridgehead atoms. The van der Waals surface area contributed by atoms with Crippen LogP contribution in [0, 0.1) is 6.92 Å². The molecule has 1 N–H and O–H groups in total. The van der Waals surface area contributed by atoms with Gasteiger partial charge in [0.05, 0.1) is 6.20 Å². The number of nitrogens with one attached hydrogen (secondary N) is 1. The summed E-state index contributed by atoms with van der Waals surface area (Å²) < 4.78 is 0. The van der Waals surface area contributed by atoms with Crippen LogP contribution in [0.5, 0.6) is 0 Å². The highest BCUT2D eigenvalue weighted by atomic mass is 16.1. The van der Waals surface area contributed by atoms with Crippen LogP contribution in [0.3, 0.4) is 0 Å². The predicted octanol–water partition coefficient (Wildman–Crippen LogP) is 2.88. The van der Waals surface area contributed by atoms with Crippen molar-refractivity contribution >= 4 is 5.91 Å². The van der Waals surface area contributed by atoms with Gasteiger partial charge in [0.1, 0.15) is 5.69 Å². The number of carbonyl (C=O) groups is 1. The van der Waals surface area contributed by atoms with Gasteiger partial charge in [-0.05, 0) is 36.0 Å². The van der Waals surface area contributed by atoms with E-state index in [9.17, 15) is 4.79 Å². The van der Waals surface area contributed by atoms with Crippen molar-refractivity contribution in [3.05, 3.63) is 59.2 Å². The lowest BCUT2D eigenvalue weighted by Crippen LogP contribution is -2.26. The Morgan fingerprint density at radius 2 is 2.10 bits per heavy atom. The summed E-state index contributed by atoms with van der Waals surface area (Å²) in [5.41, 5.74) is 4.22. The van der Waals surface area contributed by atoms with E-state index < -0.39 is 0 Å². The molecule has 2 rings (SSSR count). The Balaban J connectivity index is 1.94. The summed E-state index contributed by atoms with van der Waals surface area (Å²) in [6.07, 6.45) is 5.36. The number of hydrogen-bond donors (Lipinski definition) is 1. The van der Waals surface area contributed by atoms with Gasteiger partial charge >= 0.3 is 0 Å². The first-order valence-corrected chi connectivity index (χ1v) is 7.21. The van der Waals surface area contributed by atoms with E-state index in [1.165, 1.54) is 29.1 Å². The van der Waals surface area contributed by atoms with E-state index in [0.29, 0.717) is 18.2 Å². The van der Waals surface area contributed by atoms with E-state index in [-0.39, 0.29) is 5.91 Å². The molecule has 21 heavy (non-hydrogen) atoms. The Morgan fingerprint density at radius 1 is 1.29 bits per heavy atom. The molecule has 4 heteroatoms. The van der Waals surface area contributed by atoms with Crippen molar-refractivity contribution in [1.29, 1.82) is 0 Å². The van der Waals surface area contributed by atoms with Crippen LogP contribution in [-0.2, 0) is 6.42 Å². The molecule has 0 radical (unpaired) electrons. The summed E-state index contributed by atoms with van der Waals surface area (Å²) in [7, 11) is 0. The number of aromatic nitrogens is 2. The number of carbonyl (C=O) groups excluding carboxylic acids is 1. The van der Waals surface area contributed by atoms with Crippen molar-refractivity contribution in [1.82, 2.24) is 15.3 Å². The van der Waals surface area contributed by atoms with E-state index in [1.54, 1.807) is 6.20 Å². The smallest absolute Gasteiger partial charge is 0.271 e. The second-order valence-corrected chi connectivity index (χ2v) is 5.44. The Labute approximate surface area is 125 Å². The second-order valence-electron chi connectivity index (χ2n) is 5.44. The monoisotopic (exact) mass is 283 g/mol. The lowest BCUT2D eigenvalue weighted by atomic mass is 9.96. The van der Waals surface area contributed by atoms with Crippen molar-refractivity contribution in [3.8, 4) is 0 Å². The maximum atomic E-state index is 11.9. The van der Waals surface area contributed by atoms with Crippen LogP contribution in [0.2, 0.25) is 0 Å². The molecule has 1 heterocycles. The van der Waals surface area contributed by atoms with Crippen LogP contribution in [0.25, 0.3) is 0 Å². The lowest BCUT2D eigenvalue weighted by molar-refractivity contribution is 0.0948. The van der Waals surface area contributed by atoms with E-state index in [2.05, 4.69) is 54.3 Å². The summed E-state index contributed by atoms with van der Waals surface area (Å²) in [6, 6.07) is 6.55. The second kappa shape index (κ2) is 6.97. The molecule has 0 aliphatic carbocycles.